The van der Waals surface area contributed by atoms with Crippen molar-refractivity contribution < 1.29 is 101 Å². The summed E-state index contributed by atoms with van der Waals surface area (Å²) in [5.41, 5.74) is 6.28. The van der Waals surface area contributed by atoms with Crippen LogP contribution < -0.4 is 50.0 Å². The van der Waals surface area contributed by atoms with Gasteiger partial charge in [-0.3, -0.25) is 24.0 Å². The van der Waals surface area contributed by atoms with E-state index in [2.05, 4.69) is 58.7 Å². The second-order valence-electron chi connectivity index (χ2n) is 28.5. The molecule has 5 aliphatic rings. The van der Waals surface area contributed by atoms with E-state index in [0.29, 0.717) is 75.5 Å². The molecule has 6 N–H and O–H groups in total. The number of unbranched alkanes of at least 4 members (excludes halogenated alkanes) is 2. The van der Waals surface area contributed by atoms with E-state index in [0.717, 1.165) is 37.6 Å². The van der Waals surface area contributed by atoms with Gasteiger partial charge in [0.15, 0.2) is 35.5 Å². The first kappa shape index (κ1) is 81.2. The maximum absolute atomic E-state index is 14.3. The number of aliphatic hydroxyl groups excluding tert-OH is 2. The molecule has 6 atom stereocenters. The lowest BCUT2D eigenvalue weighted by atomic mass is 9.98. The first-order valence-electron chi connectivity index (χ1n) is 36.7. The van der Waals surface area contributed by atoms with Crippen LogP contribution in [0.2, 0.25) is 0 Å². The number of methoxy groups -OCH3 is 2. The second-order valence-corrected chi connectivity index (χ2v) is 28.5. The van der Waals surface area contributed by atoms with Crippen molar-refractivity contribution in [3.05, 3.63) is 149 Å². The number of amides is 8. The lowest BCUT2D eigenvalue weighted by Gasteiger charge is -2.33. The summed E-state index contributed by atoms with van der Waals surface area (Å²) in [6.07, 6.45) is -3.26. The maximum Gasteiger partial charge on any atom is 0.417 e. The minimum absolute atomic E-state index is 0.0198. The number of aliphatic hydroxyl groups is 2. The number of anilines is 3. The molecule has 10 rings (SSSR count). The monoisotopic (exact) mass is 1510 g/mol. The lowest BCUT2D eigenvalue weighted by molar-refractivity contribution is -0.132. The van der Waals surface area contributed by atoms with Gasteiger partial charge in [0.2, 0.25) is 17.7 Å². The zero-order valence-corrected chi connectivity index (χ0v) is 63.1. The Balaban J connectivity index is 0.620. The zero-order chi connectivity index (χ0) is 78.1. The van der Waals surface area contributed by atoms with Crippen LogP contribution in [0.5, 0.6) is 23.0 Å². The Hall–Kier alpha value is -10.3. The van der Waals surface area contributed by atoms with Crippen LogP contribution in [0.3, 0.4) is 0 Å². The summed E-state index contributed by atoms with van der Waals surface area (Å²) in [5.74, 6) is -1.91. The van der Waals surface area contributed by atoms with Gasteiger partial charge in [-0.1, -0.05) is 98.8 Å². The van der Waals surface area contributed by atoms with Gasteiger partial charge in [-0.25, -0.2) is 24.2 Å². The van der Waals surface area contributed by atoms with E-state index in [4.69, 9.17) is 52.1 Å². The molecule has 29 nitrogen and oxygen atoms in total. The van der Waals surface area contributed by atoms with E-state index in [1.165, 1.54) is 55.2 Å². The maximum atomic E-state index is 14.3. The summed E-state index contributed by atoms with van der Waals surface area (Å²) in [6.45, 7) is 21.3. The molecule has 0 unspecified atom stereocenters. The number of hydrogen-bond acceptors (Lipinski definition) is 21. The number of hydrogen-bond donors (Lipinski definition) is 6. The van der Waals surface area contributed by atoms with Gasteiger partial charge in [-0.2, -0.15) is 0 Å². The number of nitrogens with one attached hydrogen (secondary N) is 4. The molecule has 0 radical (unpaired) electrons. The number of rotatable bonds is 35. The summed E-state index contributed by atoms with van der Waals surface area (Å²) < 4.78 is 63.2. The van der Waals surface area contributed by atoms with Gasteiger partial charge in [0, 0.05) is 49.8 Å². The van der Waals surface area contributed by atoms with Gasteiger partial charge in [0.05, 0.1) is 115 Å². The molecule has 0 spiro atoms. The Morgan fingerprint density at radius 2 is 1.06 bits per heavy atom. The average Bonchev–Trinajstić information content (AvgIpc) is 1.63. The molecule has 109 heavy (non-hydrogen) atoms. The number of carbonyl (C=O) groups excluding carboxylic acids is 8. The summed E-state index contributed by atoms with van der Waals surface area (Å²) in [4.78, 5) is 114. The number of carbonyl (C=O) groups is 8. The third kappa shape index (κ3) is 20.5. The number of nitrogens with zero attached hydrogens (tertiary/aromatic N) is 4. The Labute approximate surface area is 634 Å². The van der Waals surface area contributed by atoms with Crippen LogP contribution in [0.4, 0.5) is 31.4 Å². The van der Waals surface area contributed by atoms with E-state index in [-0.39, 0.29) is 136 Å². The van der Waals surface area contributed by atoms with Gasteiger partial charge in [0.25, 0.3) is 11.8 Å². The number of alkyl carbamates (subject to hydrolysis) is 1. The third-order valence-corrected chi connectivity index (χ3v) is 19.0. The highest BCUT2D eigenvalue weighted by Crippen LogP contribution is 2.47. The molecule has 0 saturated carbocycles. The van der Waals surface area contributed by atoms with Crippen LogP contribution >= 0.6 is 0 Å². The van der Waals surface area contributed by atoms with E-state index in [1.54, 1.807) is 58.9 Å². The molecule has 0 aromatic heterocycles. The van der Waals surface area contributed by atoms with E-state index in [1.807, 2.05) is 24.3 Å². The minimum Gasteiger partial charge on any atom is -0.493 e. The largest absolute Gasteiger partial charge is 0.493 e. The summed E-state index contributed by atoms with van der Waals surface area (Å²) in [5, 5.41) is 34.6. The number of benzene rings is 5. The highest BCUT2D eigenvalue weighted by atomic mass is 16.6. The van der Waals surface area contributed by atoms with Gasteiger partial charge in [-0.05, 0) is 118 Å². The fourth-order valence-electron chi connectivity index (χ4n) is 13.5. The van der Waals surface area contributed by atoms with Crippen LogP contribution in [0.15, 0.2) is 121 Å². The molecule has 0 bridgehead atoms. The Morgan fingerprint density at radius 1 is 0.569 bits per heavy atom. The van der Waals surface area contributed by atoms with E-state index in [9.17, 15) is 48.6 Å². The molecule has 1 aliphatic carbocycles. The predicted octanol–water partition coefficient (Wildman–Crippen LogP) is 9.00. The fraction of sp³-hybridized carbons (Fsp3) is 0.475. The van der Waals surface area contributed by atoms with Crippen molar-refractivity contribution in [1.29, 1.82) is 0 Å². The third-order valence-electron chi connectivity index (χ3n) is 19.0. The molecule has 2 fully saturated rings. The van der Waals surface area contributed by atoms with Crippen LogP contribution in [0, 0.1) is 5.92 Å². The summed E-state index contributed by atoms with van der Waals surface area (Å²) in [6, 6.07) is 25.0. The topological polar surface area (TPSA) is 340 Å². The van der Waals surface area contributed by atoms with Crippen molar-refractivity contribution >= 4 is 64.9 Å². The number of ether oxygens (including phenoxy) is 11. The molecular formula is C80H100N8O21. The molecule has 586 valence electrons. The molecular weight excluding hydrogens is 1410 g/mol. The highest BCUT2D eigenvalue weighted by Gasteiger charge is 2.49. The summed E-state index contributed by atoms with van der Waals surface area (Å²) in [7, 11) is 2.85. The average molecular weight is 1510 g/mol. The van der Waals surface area contributed by atoms with Crippen LogP contribution in [-0.4, -0.2) is 217 Å². The molecule has 29 heteroatoms. The minimum atomic E-state index is -1.57. The van der Waals surface area contributed by atoms with Gasteiger partial charge in [0.1, 0.15) is 30.9 Å². The first-order chi connectivity index (χ1) is 52.3. The van der Waals surface area contributed by atoms with E-state index < -0.39 is 90.0 Å². The van der Waals surface area contributed by atoms with Crippen molar-refractivity contribution in [3.8, 4) is 34.1 Å². The predicted molar refractivity (Wildman–Crippen MR) is 402 cm³/mol. The smallest absolute Gasteiger partial charge is 0.417 e. The quantitative estimate of drug-likeness (QED) is 0.0125. The van der Waals surface area contributed by atoms with E-state index >= 15 is 0 Å². The molecule has 2 saturated heterocycles. The van der Waals surface area contributed by atoms with Crippen molar-refractivity contribution in [2.75, 3.05) is 122 Å². The van der Waals surface area contributed by atoms with Crippen LogP contribution in [-0.2, 0) is 54.1 Å². The normalized spacial score (nSPS) is 17.7. The van der Waals surface area contributed by atoms with Crippen LogP contribution in [0.1, 0.15) is 123 Å². The number of fused-ring (bicyclic) bond motifs is 7. The zero-order valence-electron chi connectivity index (χ0n) is 63.1. The summed E-state index contributed by atoms with van der Waals surface area (Å²) >= 11 is 0. The van der Waals surface area contributed by atoms with Gasteiger partial charge in [-0.15, -0.1) is 0 Å². The standard InChI is InChI=1S/C80H100N8O21/c1-48(2)70(84-69(89)26-30-101-32-34-103-36-37-104-35-33-102-31-27-81-77(96)107-47-60-56-20-14-12-18-54(56)55-19-13-15-21-57(55)60)72(91)82-51(5)71(90)83-53-24-22-52(23-25-53)46-108-78(97)87-61-42-67(65(99-9)40-58(61)73(92)85-44-49(3)38-63(85)75(87)94)105-28-16-11-17-29-106-68-43-62-59(41-66(68)100-10)74(93)86-45-50(4)39-64(86)76(95)88(62)79(98)109-80(6,7)8/h12-15,18-25,40-43,48,51,60,63-64,70,75-76,94-95H,3-4,11,16-17,26-39,44-47H2,1-2,5-10H3,(H,81,96)(H,82,91)(H,83,90)(H,84,89)/t51-,63-,64-,70-,75-,76-/m0/s1. The Kier molecular flexibility index (Phi) is 28.1. The molecule has 4 heterocycles. The second kappa shape index (κ2) is 37.7. The molecule has 4 aliphatic heterocycles. The van der Waals surface area contributed by atoms with Gasteiger partial charge >= 0.3 is 18.3 Å². The molecule has 5 aromatic rings. The highest BCUT2D eigenvalue weighted by molar-refractivity contribution is 6.07. The van der Waals surface area contributed by atoms with Crippen molar-refractivity contribution in [2.45, 2.75) is 135 Å². The first-order valence-corrected chi connectivity index (χ1v) is 36.7. The SMILES string of the molecule is C=C1C[C@H]2[C@H](O)N(C(=O)OCc3ccc(NC(=O)[C@H](C)NC(=O)[C@@H](NC(=O)CCOCCOCCOCCOCCNC(=O)OCC4c5ccccc5-c5ccccc54)C(C)C)cc3)c3cc(OCCCCCOc4cc5c(cc4OC)C(=O)N4CC(=C)C[C@H]4[C@H](O)N5C(=O)OC(C)(C)C)c(OC)cc3C(=O)N2C1. The van der Waals surface area contributed by atoms with Crippen molar-refractivity contribution in [2.24, 2.45) is 5.92 Å². The van der Waals surface area contributed by atoms with Crippen LogP contribution in [0.25, 0.3) is 11.1 Å². The van der Waals surface area contributed by atoms with Gasteiger partial charge < -0.3 is 93.4 Å². The van der Waals surface area contributed by atoms with Crippen molar-refractivity contribution in [1.82, 2.24) is 25.8 Å². The molecule has 8 amide bonds. The lowest BCUT2D eigenvalue weighted by Crippen LogP contribution is -2.53. The van der Waals surface area contributed by atoms with Crippen molar-refractivity contribution in [3.63, 3.8) is 0 Å². The Bertz CT molecular complexity index is 4060. The fourth-order valence-corrected chi connectivity index (χ4v) is 13.5. The molecule has 5 aromatic carbocycles. The Morgan fingerprint density at radius 3 is 1.57 bits per heavy atom.